The summed E-state index contributed by atoms with van der Waals surface area (Å²) in [5.74, 6) is -0.334. The van der Waals surface area contributed by atoms with Gasteiger partial charge in [0.15, 0.2) is 0 Å². The van der Waals surface area contributed by atoms with E-state index in [9.17, 15) is 9.59 Å². The van der Waals surface area contributed by atoms with E-state index in [1.54, 1.807) is 24.3 Å². The maximum absolute atomic E-state index is 11.7. The van der Waals surface area contributed by atoms with E-state index in [-0.39, 0.29) is 18.0 Å². The molecule has 0 unspecified atom stereocenters. The fourth-order valence-corrected chi connectivity index (χ4v) is 1.48. The first-order chi connectivity index (χ1) is 9.19. The van der Waals surface area contributed by atoms with Gasteiger partial charge in [-0.2, -0.15) is 5.26 Å². The van der Waals surface area contributed by atoms with Crippen molar-refractivity contribution >= 4 is 11.6 Å². The Kier molecular flexibility index (Phi) is 3.69. The van der Waals surface area contributed by atoms with Crippen LogP contribution in [-0.4, -0.2) is 15.5 Å². The summed E-state index contributed by atoms with van der Waals surface area (Å²) < 4.78 is 1.21. The summed E-state index contributed by atoms with van der Waals surface area (Å²) in [5.41, 5.74) is 0.799. The van der Waals surface area contributed by atoms with Crippen molar-refractivity contribution in [3.05, 3.63) is 58.8 Å². The van der Waals surface area contributed by atoms with E-state index in [1.165, 1.54) is 23.2 Å². The molecule has 0 saturated carbocycles. The largest absolute Gasteiger partial charge is 0.325 e. The van der Waals surface area contributed by atoms with Gasteiger partial charge >= 0.3 is 0 Å². The molecule has 0 fully saturated rings. The van der Waals surface area contributed by atoms with Crippen LogP contribution in [0.5, 0.6) is 0 Å². The molecule has 0 aliphatic rings. The van der Waals surface area contributed by atoms with Crippen molar-refractivity contribution < 1.29 is 4.79 Å². The Morgan fingerprint density at radius 3 is 2.68 bits per heavy atom. The average molecular weight is 254 g/mol. The Morgan fingerprint density at radius 1 is 1.32 bits per heavy atom. The normalized spacial score (nSPS) is 9.63. The molecular weight excluding hydrogens is 244 g/mol. The van der Waals surface area contributed by atoms with E-state index in [1.807, 2.05) is 6.07 Å². The van der Waals surface area contributed by atoms with Crippen molar-refractivity contribution in [1.82, 2.24) is 9.55 Å². The molecule has 6 nitrogen and oxygen atoms in total. The summed E-state index contributed by atoms with van der Waals surface area (Å²) in [6, 6.07) is 9.74. The Bertz CT molecular complexity index is 683. The van der Waals surface area contributed by atoms with Gasteiger partial charge in [-0.05, 0) is 24.3 Å². The van der Waals surface area contributed by atoms with Crippen molar-refractivity contribution in [3.8, 4) is 6.07 Å². The Hall–Kier alpha value is -2.94. The van der Waals surface area contributed by atoms with Crippen LogP contribution in [0.1, 0.15) is 5.56 Å². The van der Waals surface area contributed by atoms with Crippen LogP contribution in [0.4, 0.5) is 5.69 Å². The lowest BCUT2D eigenvalue weighted by Gasteiger charge is -2.06. The first kappa shape index (κ1) is 12.5. The van der Waals surface area contributed by atoms with Crippen LogP contribution in [0.25, 0.3) is 0 Å². The van der Waals surface area contributed by atoms with Gasteiger partial charge in [-0.3, -0.25) is 14.2 Å². The number of hydrogen-bond acceptors (Lipinski definition) is 4. The van der Waals surface area contributed by atoms with Gasteiger partial charge in [-0.25, -0.2) is 4.98 Å². The van der Waals surface area contributed by atoms with E-state index in [2.05, 4.69) is 10.3 Å². The van der Waals surface area contributed by atoms with Gasteiger partial charge in [-0.1, -0.05) is 0 Å². The third-order valence-electron chi connectivity index (χ3n) is 2.40. The van der Waals surface area contributed by atoms with Crippen LogP contribution in [-0.2, 0) is 11.3 Å². The predicted molar refractivity (Wildman–Crippen MR) is 68.3 cm³/mol. The molecule has 94 valence electrons. The Morgan fingerprint density at radius 2 is 2.05 bits per heavy atom. The minimum Gasteiger partial charge on any atom is -0.325 e. The lowest BCUT2D eigenvalue weighted by molar-refractivity contribution is -0.116. The minimum absolute atomic E-state index is 0.104. The number of anilines is 1. The monoisotopic (exact) mass is 254 g/mol. The highest BCUT2D eigenvalue weighted by atomic mass is 16.2. The van der Waals surface area contributed by atoms with Gasteiger partial charge < -0.3 is 5.32 Å². The lowest BCUT2D eigenvalue weighted by atomic mass is 10.2. The highest BCUT2D eigenvalue weighted by molar-refractivity contribution is 5.90. The number of amides is 1. The van der Waals surface area contributed by atoms with Crippen LogP contribution in [0.2, 0.25) is 0 Å². The molecule has 1 N–H and O–H groups in total. The number of nitrogens with zero attached hydrogens (tertiary/aromatic N) is 3. The summed E-state index contributed by atoms with van der Waals surface area (Å²) in [6.07, 6.45) is 2.68. The third kappa shape index (κ3) is 3.26. The number of nitriles is 1. The van der Waals surface area contributed by atoms with Crippen LogP contribution in [0.15, 0.2) is 47.7 Å². The molecule has 2 rings (SSSR count). The number of rotatable bonds is 3. The fourth-order valence-electron chi connectivity index (χ4n) is 1.48. The fraction of sp³-hybridized carbons (Fsp3) is 0.0769. The van der Waals surface area contributed by atoms with Gasteiger partial charge in [0.1, 0.15) is 6.54 Å². The third-order valence-corrected chi connectivity index (χ3v) is 2.40. The highest BCUT2D eigenvalue weighted by Crippen LogP contribution is 2.08. The molecule has 0 spiro atoms. The summed E-state index contributed by atoms with van der Waals surface area (Å²) in [5, 5.41) is 11.3. The quantitative estimate of drug-likeness (QED) is 0.875. The van der Waals surface area contributed by atoms with E-state index >= 15 is 0 Å². The zero-order valence-corrected chi connectivity index (χ0v) is 9.91. The molecular formula is C13H10N4O2. The second-order valence-electron chi connectivity index (χ2n) is 3.78. The van der Waals surface area contributed by atoms with E-state index in [4.69, 9.17) is 5.26 Å². The van der Waals surface area contributed by atoms with E-state index in [0.29, 0.717) is 11.3 Å². The van der Waals surface area contributed by atoms with Crippen LogP contribution < -0.4 is 10.9 Å². The van der Waals surface area contributed by atoms with Crippen LogP contribution in [0, 0.1) is 11.3 Å². The second-order valence-corrected chi connectivity index (χ2v) is 3.78. The minimum atomic E-state index is -0.334. The second kappa shape index (κ2) is 5.60. The molecule has 2 aromatic rings. The van der Waals surface area contributed by atoms with Crippen molar-refractivity contribution in [1.29, 1.82) is 5.26 Å². The molecule has 1 aromatic heterocycles. The molecule has 1 heterocycles. The molecule has 0 saturated heterocycles. The number of nitrogens with one attached hydrogen (secondary N) is 1. The molecule has 0 aliphatic heterocycles. The van der Waals surface area contributed by atoms with Crippen molar-refractivity contribution in [2.45, 2.75) is 6.54 Å². The van der Waals surface area contributed by atoms with Crippen molar-refractivity contribution in [2.75, 3.05) is 5.32 Å². The standard InChI is InChI=1S/C13H10N4O2/c14-7-10-1-3-11(4-2-10)16-12(18)8-17-9-15-6-5-13(17)19/h1-6,9H,8H2,(H,16,18). The molecule has 1 aromatic carbocycles. The average Bonchev–Trinajstić information content (AvgIpc) is 2.42. The number of hydrogen-bond donors (Lipinski definition) is 1. The van der Waals surface area contributed by atoms with Gasteiger partial charge in [0, 0.05) is 18.0 Å². The molecule has 1 amide bonds. The maximum Gasteiger partial charge on any atom is 0.253 e. The first-order valence-electron chi connectivity index (χ1n) is 5.49. The lowest BCUT2D eigenvalue weighted by Crippen LogP contribution is -2.26. The van der Waals surface area contributed by atoms with Crippen molar-refractivity contribution in [2.24, 2.45) is 0 Å². The highest BCUT2D eigenvalue weighted by Gasteiger charge is 2.04. The Balaban J connectivity index is 2.04. The maximum atomic E-state index is 11.7. The smallest absolute Gasteiger partial charge is 0.253 e. The summed E-state index contributed by atoms with van der Waals surface area (Å²) >= 11 is 0. The summed E-state index contributed by atoms with van der Waals surface area (Å²) in [6.45, 7) is -0.104. The Labute approximate surface area is 108 Å². The van der Waals surface area contributed by atoms with E-state index in [0.717, 1.165) is 0 Å². The zero-order chi connectivity index (χ0) is 13.7. The predicted octanol–water partition coefficient (Wildman–Crippen LogP) is 0.754. The van der Waals surface area contributed by atoms with Gasteiger partial charge in [0.25, 0.3) is 5.56 Å². The molecule has 0 radical (unpaired) electrons. The summed E-state index contributed by atoms with van der Waals surface area (Å²) in [7, 11) is 0. The molecule has 19 heavy (non-hydrogen) atoms. The van der Waals surface area contributed by atoms with Crippen LogP contribution >= 0.6 is 0 Å². The first-order valence-corrected chi connectivity index (χ1v) is 5.49. The van der Waals surface area contributed by atoms with Gasteiger partial charge in [0.05, 0.1) is 18.0 Å². The molecule has 0 aliphatic carbocycles. The SMILES string of the molecule is N#Cc1ccc(NC(=O)Cn2cnccc2=O)cc1. The number of aromatic nitrogens is 2. The van der Waals surface area contributed by atoms with Crippen molar-refractivity contribution in [3.63, 3.8) is 0 Å². The summed E-state index contributed by atoms with van der Waals surface area (Å²) in [4.78, 5) is 26.9. The zero-order valence-electron chi connectivity index (χ0n) is 9.91. The molecule has 6 heteroatoms. The molecule has 0 atom stereocenters. The number of carbonyl (C=O) groups is 1. The number of benzene rings is 1. The topological polar surface area (TPSA) is 87.8 Å². The van der Waals surface area contributed by atoms with Crippen LogP contribution in [0.3, 0.4) is 0 Å². The molecule has 0 bridgehead atoms. The van der Waals surface area contributed by atoms with Gasteiger partial charge in [-0.15, -0.1) is 0 Å². The van der Waals surface area contributed by atoms with E-state index < -0.39 is 0 Å². The van der Waals surface area contributed by atoms with Gasteiger partial charge in [0.2, 0.25) is 5.91 Å². The number of carbonyl (C=O) groups excluding carboxylic acids is 1.